The van der Waals surface area contributed by atoms with Crippen LogP contribution in [-0.4, -0.2) is 19.7 Å². The van der Waals surface area contributed by atoms with Crippen molar-refractivity contribution in [2.75, 3.05) is 0 Å². The van der Waals surface area contributed by atoms with Crippen LogP contribution >= 0.6 is 0 Å². The fraction of sp³-hybridized carbons (Fsp3) is 0.0769. The maximum Gasteiger partial charge on any atom is 0.172 e. The first-order chi connectivity index (χ1) is 8.27. The maximum absolute atomic E-state index is 9.85. The number of hydrogen-bond donors (Lipinski definition) is 1. The van der Waals surface area contributed by atoms with Crippen LogP contribution in [0.3, 0.4) is 0 Å². The summed E-state index contributed by atoms with van der Waals surface area (Å²) in [6.07, 6.45) is 0. The molecule has 1 aromatic carbocycles. The molecule has 3 aromatic rings. The summed E-state index contributed by atoms with van der Waals surface area (Å²) in [5, 5.41) is 18.1. The van der Waals surface area contributed by atoms with Gasteiger partial charge < -0.3 is 5.11 Å². The van der Waals surface area contributed by atoms with Crippen molar-refractivity contribution in [2.24, 2.45) is 0 Å². The Morgan fingerprint density at radius 2 is 1.82 bits per heavy atom. The van der Waals surface area contributed by atoms with Crippen LogP contribution in [0.1, 0.15) is 5.69 Å². The van der Waals surface area contributed by atoms with Crippen LogP contribution in [-0.2, 0) is 0 Å². The molecule has 1 N–H and O–H groups in total. The fourth-order valence-corrected chi connectivity index (χ4v) is 1.94. The van der Waals surface area contributed by atoms with Crippen molar-refractivity contribution in [3.63, 3.8) is 0 Å². The van der Waals surface area contributed by atoms with Crippen LogP contribution < -0.4 is 0 Å². The van der Waals surface area contributed by atoms with Gasteiger partial charge in [0.15, 0.2) is 11.5 Å². The van der Waals surface area contributed by atoms with Crippen molar-refractivity contribution >= 4 is 5.65 Å². The first-order valence-electron chi connectivity index (χ1n) is 5.36. The van der Waals surface area contributed by atoms with Crippen LogP contribution in [0, 0.1) is 6.92 Å². The molecule has 4 nitrogen and oxygen atoms in total. The van der Waals surface area contributed by atoms with Crippen molar-refractivity contribution in [1.29, 1.82) is 0 Å². The van der Waals surface area contributed by atoms with Crippen molar-refractivity contribution < 1.29 is 5.11 Å². The van der Waals surface area contributed by atoms with E-state index in [0.717, 1.165) is 11.3 Å². The lowest BCUT2D eigenvalue weighted by Gasteiger charge is -2.04. The second kappa shape index (κ2) is 3.59. The third kappa shape index (κ3) is 1.45. The summed E-state index contributed by atoms with van der Waals surface area (Å²) in [4.78, 5) is 0. The Kier molecular flexibility index (Phi) is 2.08. The lowest BCUT2D eigenvalue weighted by molar-refractivity contribution is 0.477. The highest BCUT2D eigenvalue weighted by molar-refractivity contribution is 5.66. The molecule has 0 bridgehead atoms. The SMILES string of the molecule is Cc1cccc2nnc(-c3ccccc3O)n12. The van der Waals surface area contributed by atoms with Gasteiger partial charge in [-0.2, -0.15) is 0 Å². The average Bonchev–Trinajstić information content (AvgIpc) is 2.75. The lowest BCUT2D eigenvalue weighted by Crippen LogP contribution is -1.93. The van der Waals surface area contributed by atoms with Gasteiger partial charge in [0, 0.05) is 5.69 Å². The molecule has 0 aliphatic carbocycles. The molecule has 0 aliphatic heterocycles. The number of phenolic OH excluding ortho intramolecular Hbond substituents is 1. The van der Waals surface area contributed by atoms with Crippen molar-refractivity contribution in [3.05, 3.63) is 48.2 Å². The number of para-hydroxylation sites is 1. The van der Waals surface area contributed by atoms with E-state index in [-0.39, 0.29) is 5.75 Å². The minimum absolute atomic E-state index is 0.213. The first-order valence-corrected chi connectivity index (χ1v) is 5.36. The van der Waals surface area contributed by atoms with Crippen LogP contribution in [0.25, 0.3) is 17.0 Å². The third-order valence-corrected chi connectivity index (χ3v) is 2.77. The number of aromatic hydroxyl groups is 1. The molecule has 0 aliphatic rings. The molecule has 4 heteroatoms. The molecule has 0 radical (unpaired) electrons. The molecule has 0 amide bonds. The second-order valence-electron chi connectivity index (χ2n) is 3.90. The van der Waals surface area contributed by atoms with Crippen LogP contribution in [0.15, 0.2) is 42.5 Å². The second-order valence-corrected chi connectivity index (χ2v) is 3.90. The summed E-state index contributed by atoms with van der Waals surface area (Å²) in [6, 6.07) is 13.0. The van der Waals surface area contributed by atoms with E-state index in [2.05, 4.69) is 10.2 Å². The largest absolute Gasteiger partial charge is 0.507 e. The Morgan fingerprint density at radius 1 is 1.00 bits per heavy atom. The van der Waals surface area contributed by atoms with E-state index in [1.807, 2.05) is 41.7 Å². The highest BCUT2D eigenvalue weighted by Crippen LogP contribution is 2.27. The van der Waals surface area contributed by atoms with Gasteiger partial charge in [-0.1, -0.05) is 18.2 Å². The van der Waals surface area contributed by atoms with Gasteiger partial charge in [-0.05, 0) is 31.2 Å². The predicted molar refractivity (Wildman–Crippen MR) is 64.8 cm³/mol. The van der Waals surface area contributed by atoms with Crippen LogP contribution in [0.4, 0.5) is 0 Å². The average molecular weight is 225 g/mol. The monoisotopic (exact) mass is 225 g/mol. The van der Waals surface area contributed by atoms with E-state index in [1.54, 1.807) is 12.1 Å². The number of aryl methyl sites for hydroxylation is 1. The number of fused-ring (bicyclic) bond motifs is 1. The van der Waals surface area contributed by atoms with E-state index in [4.69, 9.17) is 0 Å². The standard InChI is InChI=1S/C13H11N3O/c1-9-5-4-8-12-14-15-13(16(9)12)10-6-2-3-7-11(10)17/h2-8,17H,1H3. The zero-order valence-corrected chi connectivity index (χ0v) is 9.33. The zero-order chi connectivity index (χ0) is 11.8. The molecule has 0 spiro atoms. The number of hydrogen-bond acceptors (Lipinski definition) is 3. The van der Waals surface area contributed by atoms with E-state index >= 15 is 0 Å². The molecule has 84 valence electrons. The molecule has 0 saturated carbocycles. The molecule has 0 fully saturated rings. The number of aromatic nitrogens is 3. The summed E-state index contributed by atoms with van der Waals surface area (Å²) in [5.74, 6) is 0.876. The molecule has 0 unspecified atom stereocenters. The van der Waals surface area contributed by atoms with Crippen LogP contribution in [0.2, 0.25) is 0 Å². The summed E-state index contributed by atoms with van der Waals surface area (Å²) in [5.41, 5.74) is 2.50. The Bertz CT molecular complexity index is 688. The zero-order valence-electron chi connectivity index (χ0n) is 9.33. The number of phenols is 1. The normalized spacial score (nSPS) is 10.9. The van der Waals surface area contributed by atoms with Crippen molar-refractivity contribution in [3.8, 4) is 17.1 Å². The first kappa shape index (κ1) is 9.84. The van der Waals surface area contributed by atoms with Gasteiger partial charge in [0.1, 0.15) is 5.75 Å². The van der Waals surface area contributed by atoms with Gasteiger partial charge in [0.2, 0.25) is 0 Å². The third-order valence-electron chi connectivity index (χ3n) is 2.77. The molecule has 2 aromatic heterocycles. The highest BCUT2D eigenvalue weighted by atomic mass is 16.3. The summed E-state index contributed by atoms with van der Waals surface area (Å²) in [6.45, 7) is 1.99. The van der Waals surface area contributed by atoms with E-state index in [9.17, 15) is 5.11 Å². The molecule has 3 rings (SSSR count). The molecule has 0 saturated heterocycles. The van der Waals surface area contributed by atoms with Gasteiger partial charge in [-0.3, -0.25) is 4.40 Å². The lowest BCUT2D eigenvalue weighted by atomic mass is 10.2. The molecule has 2 heterocycles. The topological polar surface area (TPSA) is 50.4 Å². The Labute approximate surface area is 98.2 Å². The molecule has 17 heavy (non-hydrogen) atoms. The van der Waals surface area contributed by atoms with E-state index < -0.39 is 0 Å². The summed E-state index contributed by atoms with van der Waals surface area (Å²) >= 11 is 0. The predicted octanol–water partition coefficient (Wildman–Crippen LogP) is 2.41. The number of benzene rings is 1. The number of nitrogens with zero attached hydrogens (tertiary/aromatic N) is 3. The minimum atomic E-state index is 0.213. The Hall–Kier alpha value is -2.36. The summed E-state index contributed by atoms with van der Waals surface area (Å²) < 4.78 is 1.93. The highest BCUT2D eigenvalue weighted by Gasteiger charge is 2.12. The van der Waals surface area contributed by atoms with Crippen molar-refractivity contribution in [1.82, 2.24) is 14.6 Å². The maximum atomic E-state index is 9.85. The quantitative estimate of drug-likeness (QED) is 0.691. The van der Waals surface area contributed by atoms with Gasteiger partial charge in [0.25, 0.3) is 0 Å². The van der Waals surface area contributed by atoms with Gasteiger partial charge in [-0.15, -0.1) is 10.2 Å². The molecular formula is C13H11N3O. The van der Waals surface area contributed by atoms with Crippen molar-refractivity contribution in [2.45, 2.75) is 6.92 Å². The number of pyridine rings is 1. The van der Waals surface area contributed by atoms with Gasteiger partial charge in [-0.25, -0.2) is 0 Å². The van der Waals surface area contributed by atoms with Gasteiger partial charge in [0.05, 0.1) is 5.56 Å². The number of rotatable bonds is 1. The van der Waals surface area contributed by atoms with E-state index in [1.165, 1.54) is 0 Å². The summed E-state index contributed by atoms with van der Waals surface area (Å²) in [7, 11) is 0. The molecule has 0 atom stereocenters. The smallest absolute Gasteiger partial charge is 0.172 e. The minimum Gasteiger partial charge on any atom is -0.507 e. The van der Waals surface area contributed by atoms with Crippen LogP contribution in [0.5, 0.6) is 5.75 Å². The Morgan fingerprint density at radius 3 is 2.65 bits per heavy atom. The fourth-order valence-electron chi connectivity index (χ4n) is 1.94. The Balaban J connectivity index is 2.36. The van der Waals surface area contributed by atoms with Gasteiger partial charge >= 0.3 is 0 Å². The molecular weight excluding hydrogens is 214 g/mol. The van der Waals surface area contributed by atoms with E-state index in [0.29, 0.717) is 11.4 Å².